The SMILES string of the molecule is Cc1cnc(OC2CCN(CC3CCCO3)CC2)nc1. The lowest BCUT2D eigenvalue weighted by Crippen LogP contribution is -2.41. The number of rotatable bonds is 4. The van der Waals surface area contributed by atoms with Gasteiger partial charge in [-0.25, -0.2) is 9.97 Å². The van der Waals surface area contributed by atoms with Crippen molar-refractivity contribution in [3.8, 4) is 6.01 Å². The highest BCUT2D eigenvalue weighted by Gasteiger charge is 2.25. The van der Waals surface area contributed by atoms with E-state index in [0.29, 0.717) is 12.1 Å². The Morgan fingerprint density at radius 3 is 2.65 bits per heavy atom. The van der Waals surface area contributed by atoms with Gasteiger partial charge >= 0.3 is 6.01 Å². The summed E-state index contributed by atoms with van der Waals surface area (Å²) in [4.78, 5) is 10.9. The zero-order chi connectivity index (χ0) is 13.8. The fraction of sp³-hybridized carbons (Fsp3) is 0.733. The van der Waals surface area contributed by atoms with Crippen molar-refractivity contribution in [2.45, 2.75) is 44.8 Å². The molecule has 20 heavy (non-hydrogen) atoms. The highest BCUT2D eigenvalue weighted by Crippen LogP contribution is 2.19. The summed E-state index contributed by atoms with van der Waals surface area (Å²) in [5.74, 6) is 0. The highest BCUT2D eigenvalue weighted by atomic mass is 16.5. The number of hydrogen-bond acceptors (Lipinski definition) is 5. The molecule has 5 nitrogen and oxygen atoms in total. The molecule has 0 bridgehead atoms. The molecule has 5 heteroatoms. The van der Waals surface area contributed by atoms with Crippen molar-refractivity contribution in [3.63, 3.8) is 0 Å². The van der Waals surface area contributed by atoms with Crippen LogP contribution in [0.5, 0.6) is 6.01 Å². The Morgan fingerprint density at radius 2 is 2.00 bits per heavy atom. The van der Waals surface area contributed by atoms with Crippen molar-refractivity contribution in [1.29, 1.82) is 0 Å². The van der Waals surface area contributed by atoms with Crippen molar-refractivity contribution in [1.82, 2.24) is 14.9 Å². The predicted octanol–water partition coefficient (Wildman–Crippen LogP) is 1.81. The van der Waals surface area contributed by atoms with Gasteiger partial charge in [0.2, 0.25) is 0 Å². The van der Waals surface area contributed by atoms with Crippen LogP contribution in [-0.2, 0) is 4.74 Å². The van der Waals surface area contributed by atoms with Crippen LogP contribution in [0.1, 0.15) is 31.2 Å². The third-order valence-electron chi connectivity index (χ3n) is 4.05. The van der Waals surface area contributed by atoms with Gasteiger partial charge in [-0.1, -0.05) is 0 Å². The second-order valence-electron chi connectivity index (χ2n) is 5.80. The van der Waals surface area contributed by atoms with Crippen molar-refractivity contribution >= 4 is 0 Å². The zero-order valence-corrected chi connectivity index (χ0v) is 12.1. The lowest BCUT2D eigenvalue weighted by atomic mass is 10.1. The first-order chi connectivity index (χ1) is 9.79. The Hall–Kier alpha value is -1.20. The molecule has 2 saturated heterocycles. The molecule has 2 fully saturated rings. The third-order valence-corrected chi connectivity index (χ3v) is 4.05. The van der Waals surface area contributed by atoms with Crippen LogP contribution in [0.3, 0.4) is 0 Å². The van der Waals surface area contributed by atoms with Gasteiger partial charge < -0.3 is 14.4 Å². The topological polar surface area (TPSA) is 47.5 Å². The van der Waals surface area contributed by atoms with E-state index in [4.69, 9.17) is 9.47 Å². The number of ether oxygens (including phenoxy) is 2. The molecule has 3 rings (SSSR count). The molecule has 0 aliphatic carbocycles. The van der Waals surface area contributed by atoms with E-state index in [0.717, 1.165) is 44.6 Å². The Kier molecular flexibility index (Phi) is 4.47. The smallest absolute Gasteiger partial charge is 0.316 e. The van der Waals surface area contributed by atoms with E-state index in [-0.39, 0.29) is 6.10 Å². The van der Waals surface area contributed by atoms with E-state index in [1.807, 2.05) is 6.92 Å². The van der Waals surface area contributed by atoms with Gasteiger partial charge in [0.15, 0.2) is 0 Å². The van der Waals surface area contributed by atoms with Gasteiger partial charge in [0, 0.05) is 38.6 Å². The molecule has 3 heterocycles. The molecule has 0 spiro atoms. The molecule has 1 unspecified atom stereocenters. The molecule has 0 aromatic carbocycles. The molecular weight excluding hydrogens is 254 g/mol. The lowest BCUT2D eigenvalue weighted by molar-refractivity contribution is 0.0417. The number of aryl methyl sites for hydroxylation is 1. The van der Waals surface area contributed by atoms with E-state index >= 15 is 0 Å². The van der Waals surface area contributed by atoms with E-state index in [1.54, 1.807) is 12.4 Å². The summed E-state index contributed by atoms with van der Waals surface area (Å²) in [7, 11) is 0. The zero-order valence-electron chi connectivity index (χ0n) is 12.1. The van der Waals surface area contributed by atoms with Gasteiger partial charge in [-0.05, 0) is 38.2 Å². The van der Waals surface area contributed by atoms with E-state index in [1.165, 1.54) is 12.8 Å². The van der Waals surface area contributed by atoms with Gasteiger partial charge in [0.1, 0.15) is 6.10 Å². The molecule has 1 atom stereocenters. The molecule has 0 radical (unpaired) electrons. The first-order valence-electron chi connectivity index (χ1n) is 7.59. The minimum absolute atomic E-state index is 0.249. The van der Waals surface area contributed by atoms with Crippen LogP contribution in [0.15, 0.2) is 12.4 Å². The maximum atomic E-state index is 5.85. The molecule has 0 amide bonds. The molecule has 110 valence electrons. The van der Waals surface area contributed by atoms with Crippen LogP contribution in [0.4, 0.5) is 0 Å². The average molecular weight is 277 g/mol. The molecule has 2 aliphatic heterocycles. The third kappa shape index (κ3) is 3.67. The first kappa shape index (κ1) is 13.8. The normalized spacial score (nSPS) is 24.9. The Bertz CT molecular complexity index is 410. The molecule has 0 saturated carbocycles. The molecule has 1 aromatic rings. The second kappa shape index (κ2) is 6.50. The van der Waals surface area contributed by atoms with Crippen LogP contribution in [0.2, 0.25) is 0 Å². The summed E-state index contributed by atoms with van der Waals surface area (Å²) in [6, 6.07) is 0.508. The highest BCUT2D eigenvalue weighted by molar-refractivity contribution is 5.04. The molecule has 0 N–H and O–H groups in total. The number of hydrogen-bond donors (Lipinski definition) is 0. The Morgan fingerprint density at radius 1 is 1.25 bits per heavy atom. The molecule has 1 aromatic heterocycles. The van der Waals surface area contributed by atoms with Gasteiger partial charge in [-0.3, -0.25) is 0 Å². The summed E-state index contributed by atoms with van der Waals surface area (Å²) in [5, 5.41) is 0. The summed E-state index contributed by atoms with van der Waals surface area (Å²) in [6.07, 6.45) is 8.83. The maximum Gasteiger partial charge on any atom is 0.316 e. The molecule has 2 aliphatic rings. The van der Waals surface area contributed by atoms with Gasteiger partial charge in [-0.15, -0.1) is 0 Å². The van der Waals surface area contributed by atoms with Crippen molar-refractivity contribution in [2.24, 2.45) is 0 Å². The standard InChI is InChI=1S/C15H23N3O2/c1-12-9-16-15(17-10-12)20-13-4-6-18(7-5-13)11-14-3-2-8-19-14/h9-10,13-14H,2-8,11H2,1H3. The predicted molar refractivity (Wildman–Crippen MR) is 75.8 cm³/mol. The minimum atomic E-state index is 0.249. The van der Waals surface area contributed by atoms with Gasteiger partial charge in [0.05, 0.1) is 6.10 Å². The monoisotopic (exact) mass is 277 g/mol. The first-order valence-corrected chi connectivity index (χ1v) is 7.59. The van der Waals surface area contributed by atoms with Gasteiger partial charge in [0.25, 0.3) is 0 Å². The van der Waals surface area contributed by atoms with Crippen LogP contribution in [0.25, 0.3) is 0 Å². The van der Waals surface area contributed by atoms with Gasteiger partial charge in [-0.2, -0.15) is 0 Å². The van der Waals surface area contributed by atoms with E-state index in [2.05, 4.69) is 14.9 Å². The second-order valence-corrected chi connectivity index (χ2v) is 5.80. The summed E-state index contributed by atoms with van der Waals surface area (Å²) < 4.78 is 11.5. The number of likely N-dealkylation sites (tertiary alicyclic amines) is 1. The van der Waals surface area contributed by atoms with Crippen molar-refractivity contribution in [3.05, 3.63) is 18.0 Å². The molecular formula is C15H23N3O2. The summed E-state index contributed by atoms with van der Waals surface area (Å²) in [5.41, 5.74) is 1.06. The van der Waals surface area contributed by atoms with E-state index in [9.17, 15) is 0 Å². The van der Waals surface area contributed by atoms with Crippen molar-refractivity contribution in [2.75, 3.05) is 26.2 Å². The fourth-order valence-electron chi connectivity index (χ4n) is 2.88. The Labute approximate surface area is 120 Å². The number of aromatic nitrogens is 2. The lowest BCUT2D eigenvalue weighted by Gasteiger charge is -2.32. The van der Waals surface area contributed by atoms with Crippen LogP contribution >= 0.6 is 0 Å². The number of piperidine rings is 1. The Balaban J connectivity index is 1.42. The fourth-order valence-corrected chi connectivity index (χ4v) is 2.88. The summed E-state index contributed by atoms with van der Waals surface area (Å²) in [6.45, 7) is 6.16. The van der Waals surface area contributed by atoms with Crippen LogP contribution in [-0.4, -0.2) is 53.3 Å². The van der Waals surface area contributed by atoms with Crippen molar-refractivity contribution < 1.29 is 9.47 Å². The quantitative estimate of drug-likeness (QED) is 0.840. The minimum Gasteiger partial charge on any atom is -0.460 e. The summed E-state index contributed by atoms with van der Waals surface area (Å²) >= 11 is 0. The van der Waals surface area contributed by atoms with Crippen LogP contribution < -0.4 is 4.74 Å². The largest absolute Gasteiger partial charge is 0.460 e. The number of nitrogens with zero attached hydrogens (tertiary/aromatic N) is 3. The van der Waals surface area contributed by atoms with Crippen LogP contribution in [0, 0.1) is 6.92 Å². The average Bonchev–Trinajstić information content (AvgIpc) is 2.96. The van der Waals surface area contributed by atoms with E-state index < -0.39 is 0 Å². The maximum absolute atomic E-state index is 5.85.